The van der Waals surface area contributed by atoms with E-state index >= 15 is 0 Å². The van der Waals surface area contributed by atoms with Crippen molar-refractivity contribution in [3.63, 3.8) is 0 Å². The van der Waals surface area contributed by atoms with Gasteiger partial charge in [-0.05, 0) is 52.3 Å². The molecule has 1 aliphatic rings. The smallest absolute Gasteiger partial charge is 0.270 e. The van der Waals surface area contributed by atoms with Gasteiger partial charge in [0.15, 0.2) is 11.4 Å². The van der Waals surface area contributed by atoms with Gasteiger partial charge in [0.2, 0.25) is 0 Å². The molecule has 0 saturated carbocycles. The number of ether oxygens (including phenoxy) is 1. The molecule has 0 radical (unpaired) electrons. The Morgan fingerprint density at radius 3 is 2.57 bits per heavy atom. The molecule has 4 heteroatoms. The fourth-order valence-electron chi connectivity index (χ4n) is 2.57. The molecule has 1 heterocycles. The highest BCUT2D eigenvalue weighted by atomic mass is 16.5. The molecule has 0 saturated heterocycles. The first kappa shape index (κ1) is 15.5. The van der Waals surface area contributed by atoms with E-state index in [0.717, 1.165) is 6.42 Å². The maximum Gasteiger partial charge on any atom is 0.270 e. The van der Waals surface area contributed by atoms with Gasteiger partial charge in [0.25, 0.3) is 5.91 Å². The Hall–Kier alpha value is -1.84. The average molecular weight is 289 g/mol. The molecular formula is C17H23NO3. The molecule has 1 aromatic carbocycles. The Kier molecular flexibility index (Phi) is 4.08. The second-order valence-corrected chi connectivity index (χ2v) is 6.24. The molecule has 0 N–H and O–H groups in total. The average Bonchev–Trinajstić information content (AvgIpc) is 2.39. The van der Waals surface area contributed by atoms with Crippen molar-refractivity contribution in [1.29, 1.82) is 0 Å². The predicted molar refractivity (Wildman–Crippen MR) is 83.0 cm³/mol. The molecule has 1 aromatic rings. The van der Waals surface area contributed by atoms with Crippen molar-refractivity contribution in [1.82, 2.24) is 0 Å². The Morgan fingerprint density at radius 2 is 2.00 bits per heavy atom. The fourth-order valence-corrected chi connectivity index (χ4v) is 2.57. The van der Waals surface area contributed by atoms with Crippen LogP contribution in [0, 0.1) is 0 Å². The lowest BCUT2D eigenvalue weighted by molar-refractivity contribution is -0.133. The van der Waals surface area contributed by atoms with E-state index in [-0.39, 0.29) is 17.7 Å². The van der Waals surface area contributed by atoms with E-state index < -0.39 is 5.60 Å². The first-order valence-electron chi connectivity index (χ1n) is 7.48. The third kappa shape index (κ3) is 2.80. The van der Waals surface area contributed by atoms with Crippen molar-refractivity contribution in [3.8, 4) is 5.75 Å². The largest absolute Gasteiger partial charge is 0.476 e. The predicted octanol–water partition coefficient (Wildman–Crippen LogP) is 3.58. The minimum atomic E-state index is -0.883. The van der Waals surface area contributed by atoms with Crippen molar-refractivity contribution in [2.75, 3.05) is 4.90 Å². The number of Topliss-reactive ketones (excluding diaryl/α,β-unsaturated/α-hetero) is 1. The molecule has 1 amide bonds. The molecule has 0 unspecified atom stereocenters. The highest BCUT2D eigenvalue weighted by Crippen LogP contribution is 2.39. The quantitative estimate of drug-likeness (QED) is 0.796. The highest BCUT2D eigenvalue weighted by molar-refractivity contribution is 6.05. The fraction of sp³-hybridized carbons (Fsp3) is 0.529. The zero-order chi connectivity index (χ0) is 15.8. The molecular weight excluding hydrogens is 266 g/mol. The van der Waals surface area contributed by atoms with E-state index in [2.05, 4.69) is 0 Å². The van der Waals surface area contributed by atoms with Crippen molar-refractivity contribution >= 4 is 17.4 Å². The second-order valence-electron chi connectivity index (χ2n) is 6.24. The van der Waals surface area contributed by atoms with Crippen LogP contribution in [0.5, 0.6) is 5.75 Å². The number of fused-ring (bicyclic) bond motifs is 1. The summed E-state index contributed by atoms with van der Waals surface area (Å²) >= 11 is 0. The Labute approximate surface area is 126 Å². The van der Waals surface area contributed by atoms with Gasteiger partial charge in [-0.3, -0.25) is 9.59 Å². The summed E-state index contributed by atoms with van der Waals surface area (Å²) in [6.07, 6.45) is 1.33. The molecule has 0 aliphatic carbocycles. The van der Waals surface area contributed by atoms with Crippen LogP contribution in [-0.4, -0.2) is 23.3 Å². The van der Waals surface area contributed by atoms with Crippen LogP contribution in [0.3, 0.4) is 0 Å². The number of rotatable bonds is 4. The molecule has 2 rings (SSSR count). The van der Waals surface area contributed by atoms with Crippen LogP contribution in [0.2, 0.25) is 0 Å². The summed E-state index contributed by atoms with van der Waals surface area (Å²) in [5, 5.41) is 0. The van der Waals surface area contributed by atoms with Gasteiger partial charge in [0.1, 0.15) is 5.75 Å². The van der Waals surface area contributed by atoms with E-state index in [0.29, 0.717) is 23.4 Å². The Morgan fingerprint density at radius 1 is 1.33 bits per heavy atom. The first-order valence-corrected chi connectivity index (χ1v) is 7.48. The van der Waals surface area contributed by atoms with Crippen molar-refractivity contribution < 1.29 is 14.3 Å². The van der Waals surface area contributed by atoms with Crippen molar-refractivity contribution in [3.05, 3.63) is 23.8 Å². The number of hydrogen-bond acceptors (Lipinski definition) is 3. The molecule has 0 atom stereocenters. The molecule has 0 aromatic heterocycles. The Balaban J connectivity index is 2.50. The van der Waals surface area contributed by atoms with E-state index in [1.54, 1.807) is 36.9 Å². The third-order valence-electron chi connectivity index (χ3n) is 3.63. The third-order valence-corrected chi connectivity index (χ3v) is 3.63. The van der Waals surface area contributed by atoms with Gasteiger partial charge < -0.3 is 9.64 Å². The molecule has 0 bridgehead atoms. The summed E-state index contributed by atoms with van der Waals surface area (Å²) in [7, 11) is 0. The van der Waals surface area contributed by atoms with Crippen LogP contribution >= 0.6 is 0 Å². The van der Waals surface area contributed by atoms with Crippen LogP contribution in [0.1, 0.15) is 57.8 Å². The number of hydrogen-bond donors (Lipinski definition) is 0. The highest BCUT2D eigenvalue weighted by Gasteiger charge is 2.42. The van der Waals surface area contributed by atoms with Crippen molar-refractivity contribution in [2.45, 2.75) is 59.1 Å². The normalized spacial score (nSPS) is 16.7. The number of carbonyl (C=O) groups excluding carboxylic acids is 2. The molecule has 21 heavy (non-hydrogen) atoms. The van der Waals surface area contributed by atoms with Gasteiger partial charge in [-0.15, -0.1) is 0 Å². The van der Waals surface area contributed by atoms with Gasteiger partial charge >= 0.3 is 0 Å². The minimum absolute atomic E-state index is 0.0101. The lowest BCUT2D eigenvalue weighted by Crippen LogP contribution is -2.54. The first-order chi connectivity index (χ1) is 9.77. The number of nitrogens with zero attached hydrogens (tertiary/aromatic N) is 1. The summed E-state index contributed by atoms with van der Waals surface area (Å²) in [5.74, 6) is 0.674. The summed E-state index contributed by atoms with van der Waals surface area (Å²) in [6, 6.07) is 5.36. The van der Waals surface area contributed by atoms with E-state index in [9.17, 15) is 9.59 Å². The molecule has 4 nitrogen and oxygen atoms in total. The van der Waals surface area contributed by atoms with Crippen LogP contribution < -0.4 is 9.64 Å². The number of ketones is 1. The van der Waals surface area contributed by atoms with Crippen molar-refractivity contribution in [2.24, 2.45) is 0 Å². The number of amides is 1. The number of carbonyl (C=O) groups is 2. The minimum Gasteiger partial charge on any atom is -0.476 e. The number of benzene rings is 1. The lowest BCUT2D eigenvalue weighted by Gasteiger charge is -2.41. The lowest BCUT2D eigenvalue weighted by atomic mass is 9.99. The Bertz CT molecular complexity index is 575. The van der Waals surface area contributed by atoms with Crippen LogP contribution in [0.15, 0.2) is 18.2 Å². The van der Waals surface area contributed by atoms with E-state index in [1.165, 1.54) is 0 Å². The SMILES string of the molecule is CCCC(=O)c1ccc2c(c1)N(C(C)C)C(=O)C(C)(C)O2. The second kappa shape index (κ2) is 5.51. The maximum atomic E-state index is 12.6. The topological polar surface area (TPSA) is 46.6 Å². The van der Waals surface area contributed by atoms with Gasteiger partial charge in [-0.25, -0.2) is 0 Å². The van der Waals surface area contributed by atoms with Gasteiger partial charge in [-0.2, -0.15) is 0 Å². The summed E-state index contributed by atoms with van der Waals surface area (Å²) in [6.45, 7) is 9.44. The van der Waals surface area contributed by atoms with Crippen LogP contribution in [-0.2, 0) is 4.79 Å². The zero-order valence-corrected chi connectivity index (χ0v) is 13.4. The maximum absolute atomic E-state index is 12.6. The number of anilines is 1. The summed E-state index contributed by atoms with van der Waals surface area (Å²) in [5.41, 5.74) is 0.445. The monoisotopic (exact) mass is 289 g/mol. The standard InChI is InChI=1S/C17H23NO3/c1-6-7-14(19)12-8-9-15-13(10-12)18(11(2)3)16(20)17(4,5)21-15/h8-11H,6-7H2,1-5H3. The van der Waals surface area contributed by atoms with Crippen LogP contribution in [0.4, 0.5) is 5.69 Å². The van der Waals surface area contributed by atoms with Crippen LogP contribution in [0.25, 0.3) is 0 Å². The molecule has 1 aliphatic heterocycles. The van der Waals surface area contributed by atoms with E-state index in [1.807, 2.05) is 20.8 Å². The van der Waals surface area contributed by atoms with Gasteiger partial charge in [0.05, 0.1) is 5.69 Å². The molecule has 0 fully saturated rings. The van der Waals surface area contributed by atoms with Gasteiger partial charge in [-0.1, -0.05) is 6.92 Å². The molecule has 114 valence electrons. The summed E-state index contributed by atoms with van der Waals surface area (Å²) in [4.78, 5) is 26.4. The summed E-state index contributed by atoms with van der Waals surface area (Å²) < 4.78 is 5.80. The van der Waals surface area contributed by atoms with Gasteiger partial charge in [0, 0.05) is 18.0 Å². The zero-order valence-electron chi connectivity index (χ0n) is 13.4. The van der Waals surface area contributed by atoms with E-state index in [4.69, 9.17) is 4.74 Å². The molecule has 0 spiro atoms.